The molecule has 8 heteroatoms. The fourth-order valence-electron chi connectivity index (χ4n) is 2.08. The molecular formula is C13H16ClN3O4. The van der Waals surface area contributed by atoms with Crippen LogP contribution in [0.4, 0.5) is 5.69 Å². The van der Waals surface area contributed by atoms with Crippen LogP contribution in [0.5, 0.6) is 5.75 Å². The number of nitro groups is 1. The van der Waals surface area contributed by atoms with Crippen LogP contribution in [0.2, 0.25) is 5.02 Å². The van der Waals surface area contributed by atoms with Gasteiger partial charge in [-0.3, -0.25) is 14.9 Å². The summed E-state index contributed by atoms with van der Waals surface area (Å²) in [7, 11) is 0. The normalized spacial score (nSPS) is 16.4. The molecular weight excluding hydrogens is 298 g/mol. The van der Waals surface area contributed by atoms with Crippen molar-refractivity contribution >= 4 is 23.2 Å². The zero-order valence-corrected chi connectivity index (χ0v) is 12.3. The molecule has 7 nitrogen and oxygen atoms in total. The highest BCUT2D eigenvalue weighted by molar-refractivity contribution is 6.32. The quantitative estimate of drug-likeness (QED) is 0.671. The highest BCUT2D eigenvalue weighted by atomic mass is 35.5. The maximum Gasteiger partial charge on any atom is 0.273 e. The largest absolute Gasteiger partial charge is 0.479 e. The Morgan fingerprint density at radius 2 is 2.14 bits per heavy atom. The number of carbonyl (C=O) groups excluding carboxylic acids is 1. The highest BCUT2D eigenvalue weighted by Crippen LogP contribution is 2.29. The third-order valence-corrected chi connectivity index (χ3v) is 3.52. The first kappa shape index (κ1) is 15.5. The van der Waals surface area contributed by atoms with E-state index >= 15 is 0 Å². The van der Waals surface area contributed by atoms with Crippen molar-refractivity contribution in [2.75, 3.05) is 26.2 Å². The molecule has 0 radical (unpaired) electrons. The van der Waals surface area contributed by atoms with E-state index < -0.39 is 11.0 Å². The molecule has 0 bridgehead atoms. The molecule has 114 valence electrons. The summed E-state index contributed by atoms with van der Waals surface area (Å²) in [5, 5.41) is 14.1. The molecule has 1 N–H and O–H groups in total. The molecule has 0 aliphatic carbocycles. The minimum absolute atomic E-state index is 0.128. The van der Waals surface area contributed by atoms with Gasteiger partial charge in [0.15, 0.2) is 6.10 Å². The predicted molar refractivity (Wildman–Crippen MR) is 77.6 cm³/mol. The molecule has 1 aromatic carbocycles. The zero-order chi connectivity index (χ0) is 15.4. The van der Waals surface area contributed by atoms with Crippen molar-refractivity contribution in [3.05, 3.63) is 33.3 Å². The number of piperazine rings is 1. The lowest BCUT2D eigenvalue weighted by Gasteiger charge is -2.29. The first-order chi connectivity index (χ1) is 9.99. The third-order valence-electron chi connectivity index (χ3n) is 3.21. The number of hydrogen-bond donors (Lipinski definition) is 1. The lowest BCUT2D eigenvalue weighted by Crippen LogP contribution is -2.50. The van der Waals surface area contributed by atoms with Crippen molar-refractivity contribution < 1.29 is 14.5 Å². The number of nitrogens with one attached hydrogen (secondary N) is 1. The van der Waals surface area contributed by atoms with E-state index in [1.54, 1.807) is 11.8 Å². The van der Waals surface area contributed by atoms with Crippen LogP contribution >= 0.6 is 11.6 Å². The van der Waals surface area contributed by atoms with Gasteiger partial charge in [0.2, 0.25) is 0 Å². The van der Waals surface area contributed by atoms with Gasteiger partial charge in [-0.05, 0) is 13.0 Å². The molecule has 1 aliphatic heterocycles. The fourth-order valence-corrected chi connectivity index (χ4v) is 2.24. The summed E-state index contributed by atoms with van der Waals surface area (Å²) in [4.78, 5) is 24.2. The Morgan fingerprint density at radius 1 is 1.48 bits per heavy atom. The van der Waals surface area contributed by atoms with Crippen LogP contribution in [0.25, 0.3) is 0 Å². The first-order valence-corrected chi connectivity index (χ1v) is 6.97. The maximum absolute atomic E-state index is 12.2. The van der Waals surface area contributed by atoms with Crippen molar-refractivity contribution in [3.63, 3.8) is 0 Å². The number of ether oxygens (including phenoxy) is 1. The molecule has 1 saturated heterocycles. The van der Waals surface area contributed by atoms with Crippen LogP contribution in [0, 0.1) is 10.1 Å². The molecule has 21 heavy (non-hydrogen) atoms. The van der Waals surface area contributed by atoms with E-state index in [9.17, 15) is 14.9 Å². The van der Waals surface area contributed by atoms with Crippen molar-refractivity contribution in [3.8, 4) is 5.75 Å². The SMILES string of the molecule is CC(Oc1cc([N+](=O)[O-])ccc1Cl)C(=O)N1CCNCC1. The van der Waals surface area contributed by atoms with E-state index in [2.05, 4.69) is 5.32 Å². The molecule has 1 unspecified atom stereocenters. The minimum atomic E-state index is -0.748. The third kappa shape index (κ3) is 3.83. The molecule has 1 aliphatic rings. The minimum Gasteiger partial charge on any atom is -0.479 e. The van der Waals surface area contributed by atoms with E-state index in [4.69, 9.17) is 16.3 Å². The van der Waals surface area contributed by atoms with Gasteiger partial charge in [-0.1, -0.05) is 11.6 Å². The number of nitrogens with zero attached hydrogens (tertiary/aromatic N) is 2. The second-order valence-electron chi connectivity index (χ2n) is 4.71. The molecule has 1 amide bonds. The predicted octanol–water partition coefficient (Wildman–Crippen LogP) is 1.45. The Balaban J connectivity index is 2.07. The summed E-state index contributed by atoms with van der Waals surface area (Å²) in [6.45, 7) is 4.34. The maximum atomic E-state index is 12.2. The van der Waals surface area contributed by atoms with E-state index in [1.807, 2.05) is 0 Å². The smallest absolute Gasteiger partial charge is 0.273 e. The second kappa shape index (κ2) is 6.73. The Hall–Kier alpha value is -1.86. The van der Waals surface area contributed by atoms with Gasteiger partial charge in [0.05, 0.1) is 16.0 Å². The van der Waals surface area contributed by atoms with Gasteiger partial charge in [0.1, 0.15) is 5.75 Å². The lowest BCUT2D eigenvalue weighted by atomic mass is 10.2. The lowest BCUT2D eigenvalue weighted by molar-refractivity contribution is -0.384. The molecule has 0 saturated carbocycles. The van der Waals surface area contributed by atoms with Crippen molar-refractivity contribution in [1.29, 1.82) is 0 Å². The Morgan fingerprint density at radius 3 is 2.76 bits per heavy atom. The standard InChI is InChI=1S/C13H16ClN3O4/c1-9(13(18)16-6-4-15-5-7-16)21-12-8-10(17(19)20)2-3-11(12)14/h2-3,8-9,15H,4-7H2,1H3. The molecule has 1 fully saturated rings. The van der Waals surface area contributed by atoms with E-state index in [-0.39, 0.29) is 22.4 Å². The average molecular weight is 314 g/mol. The van der Waals surface area contributed by atoms with Gasteiger partial charge in [-0.15, -0.1) is 0 Å². The number of rotatable bonds is 4. The van der Waals surface area contributed by atoms with Gasteiger partial charge in [0, 0.05) is 32.2 Å². The van der Waals surface area contributed by atoms with E-state index in [0.717, 1.165) is 13.1 Å². The summed E-state index contributed by atoms with van der Waals surface area (Å²) in [6.07, 6.45) is -0.748. The number of nitro benzene ring substituents is 1. The Kier molecular flexibility index (Phi) is 4.98. The second-order valence-corrected chi connectivity index (χ2v) is 5.11. The number of amides is 1. The van der Waals surface area contributed by atoms with Crippen molar-refractivity contribution in [1.82, 2.24) is 10.2 Å². The van der Waals surface area contributed by atoms with Crippen LogP contribution in [-0.4, -0.2) is 48.0 Å². The zero-order valence-electron chi connectivity index (χ0n) is 11.5. The Bertz CT molecular complexity index is 546. The van der Waals surface area contributed by atoms with E-state index in [0.29, 0.717) is 13.1 Å². The molecule has 1 heterocycles. The number of halogens is 1. The van der Waals surface area contributed by atoms with Crippen molar-refractivity contribution in [2.24, 2.45) is 0 Å². The highest BCUT2D eigenvalue weighted by Gasteiger charge is 2.24. The topological polar surface area (TPSA) is 84.7 Å². The number of hydrogen-bond acceptors (Lipinski definition) is 5. The van der Waals surface area contributed by atoms with Crippen LogP contribution in [0.3, 0.4) is 0 Å². The summed E-state index contributed by atoms with van der Waals surface area (Å²) in [6, 6.07) is 3.90. The van der Waals surface area contributed by atoms with Crippen LogP contribution < -0.4 is 10.1 Å². The molecule has 1 atom stereocenters. The van der Waals surface area contributed by atoms with Gasteiger partial charge in [-0.25, -0.2) is 0 Å². The molecule has 0 aromatic heterocycles. The summed E-state index contributed by atoms with van der Waals surface area (Å²) in [5.74, 6) is -0.0130. The van der Waals surface area contributed by atoms with Gasteiger partial charge < -0.3 is 15.0 Å². The number of benzene rings is 1. The monoisotopic (exact) mass is 313 g/mol. The van der Waals surface area contributed by atoms with Crippen LogP contribution in [-0.2, 0) is 4.79 Å². The van der Waals surface area contributed by atoms with E-state index in [1.165, 1.54) is 18.2 Å². The van der Waals surface area contributed by atoms with Crippen LogP contribution in [0.1, 0.15) is 6.92 Å². The molecule has 2 rings (SSSR count). The van der Waals surface area contributed by atoms with Gasteiger partial charge in [0.25, 0.3) is 11.6 Å². The summed E-state index contributed by atoms with van der Waals surface area (Å²) in [5.41, 5.74) is -0.128. The fraction of sp³-hybridized carbons (Fsp3) is 0.462. The summed E-state index contributed by atoms with van der Waals surface area (Å²) >= 11 is 5.95. The van der Waals surface area contributed by atoms with Crippen LogP contribution in [0.15, 0.2) is 18.2 Å². The number of carbonyl (C=O) groups is 1. The van der Waals surface area contributed by atoms with Gasteiger partial charge in [-0.2, -0.15) is 0 Å². The Labute approximate surface area is 127 Å². The first-order valence-electron chi connectivity index (χ1n) is 6.59. The van der Waals surface area contributed by atoms with Gasteiger partial charge >= 0.3 is 0 Å². The molecule has 0 spiro atoms. The summed E-state index contributed by atoms with van der Waals surface area (Å²) < 4.78 is 5.50. The number of non-ortho nitro benzene ring substituents is 1. The molecule has 1 aromatic rings. The average Bonchev–Trinajstić information content (AvgIpc) is 2.49. The van der Waals surface area contributed by atoms with Crippen molar-refractivity contribution in [2.45, 2.75) is 13.0 Å².